The second-order valence-electron chi connectivity index (χ2n) is 12.1. The third-order valence-corrected chi connectivity index (χ3v) is 9.17. The fourth-order valence-corrected chi connectivity index (χ4v) is 6.12. The van der Waals surface area contributed by atoms with E-state index in [9.17, 15) is 18.7 Å². The minimum Gasteiger partial charge on any atom is -1.00 e. The van der Waals surface area contributed by atoms with E-state index in [0.717, 1.165) is 36.0 Å². The molecule has 1 amide bonds. The van der Waals surface area contributed by atoms with Crippen molar-refractivity contribution in [3.05, 3.63) is 104 Å². The summed E-state index contributed by atoms with van der Waals surface area (Å²) in [5.41, 5.74) is 0.881. The molecule has 2 heterocycles. The summed E-state index contributed by atoms with van der Waals surface area (Å²) >= 11 is 15.0. The number of ether oxygens (including phenoxy) is 1. The quantitative estimate of drug-likeness (QED) is 0.368. The zero-order valence-electron chi connectivity index (χ0n) is 24.9. The van der Waals surface area contributed by atoms with Crippen molar-refractivity contribution in [2.75, 3.05) is 26.2 Å². The number of benzene rings is 3. The first-order valence-electron chi connectivity index (χ1n) is 14.3. The van der Waals surface area contributed by atoms with Gasteiger partial charge in [-0.15, -0.1) is 0 Å². The average molecular weight is 734 g/mol. The SMILES string of the molecule is CC(C)(C)OC(=O)N1CCC(O)(c2ccc(Cl)c(F)c2)CC1.Fc1cc(C2(c3ccc(Br)cc3)CCNCC2)ccc1Cl.[Cl-]. The summed E-state index contributed by atoms with van der Waals surface area (Å²) in [6.07, 6.45) is 2.17. The van der Waals surface area contributed by atoms with E-state index < -0.39 is 23.1 Å². The first-order chi connectivity index (χ1) is 20.2. The molecular formula is C33H37BrCl3F2N2O3-. The summed E-state index contributed by atoms with van der Waals surface area (Å²) in [4.78, 5) is 13.6. The van der Waals surface area contributed by atoms with Gasteiger partial charge in [0.2, 0.25) is 0 Å². The Morgan fingerprint density at radius 3 is 1.84 bits per heavy atom. The molecule has 2 fully saturated rings. The standard InChI is InChI=1S/C17H16BrClFN.C16H21ClFNO3.ClH/c18-14-4-1-12(2-5-14)17(7-9-21-10-8-17)13-3-6-15(19)16(20)11-13;1-15(2,3)22-14(20)19-8-6-16(21,7-9-19)11-4-5-12(17)13(18)10-11;/h1-6,11,21H,7-10H2;4-5,10,21H,6-9H2,1-3H3;1H/p-1. The van der Waals surface area contributed by atoms with E-state index in [2.05, 4.69) is 33.4 Å². The molecule has 5 nitrogen and oxygen atoms in total. The van der Waals surface area contributed by atoms with Crippen LogP contribution in [0.1, 0.15) is 63.1 Å². The van der Waals surface area contributed by atoms with Crippen LogP contribution in [-0.4, -0.2) is 47.9 Å². The van der Waals surface area contributed by atoms with Gasteiger partial charge in [-0.05, 0) is 113 Å². The van der Waals surface area contributed by atoms with Crippen LogP contribution in [0.25, 0.3) is 0 Å². The number of hydrogen-bond donors (Lipinski definition) is 2. The lowest BCUT2D eigenvalue weighted by Crippen LogP contribution is -3.00. The second-order valence-corrected chi connectivity index (χ2v) is 13.8. The number of carbonyl (C=O) groups is 1. The molecule has 0 bridgehead atoms. The Morgan fingerprint density at radius 2 is 1.34 bits per heavy atom. The number of piperidine rings is 2. The van der Waals surface area contributed by atoms with Crippen molar-refractivity contribution < 1.29 is 35.8 Å². The van der Waals surface area contributed by atoms with Gasteiger partial charge in [0, 0.05) is 23.0 Å². The first-order valence-corrected chi connectivity index (χ1v) is 15.9. The summed E-state index contributed by atoms with van der Waals surface area (Å²) in [5.74, 6) is -0.897. The maximum atomic E-state index is 13.9. The van der Waals surface area contributed by atoms with Crippen molar-refractivity contribution in [3.8, 4) is 0 Å². The van der Waals surface area contributed by atoms with Gasteiger partial charge in [0.25, 0.3) is 0 Å². The van der Waals surface area contributed by atoms with E-state index in [1.165, 1.54) is 17.7 Å². The summed E-state index contributed by atoms with van der Waals surface area (Å²) in [6.45, 7) is 8.00. The Hall–Kier alpha value is -1.94. The molecule has 0 spiro atoms. The van der Waals surface area contributed by atoms with Crippen LogP contribution in [0, 0.1) is 11.6 Å². The van der Waals surface area contributed by atoms with Crippen LogP contribution in [0.15, 0.2) is 65.1 Å². The lowest BCUT2D eigenvalue weighted by molar-refractivity contribution is -0.0358. The van der Waals surface area contributed by atoms with Crippen LogP contribution < -0.4 is 17.7 Å². The lowest BCUT2D eigenvalue weighted by Gasteiger charge is -2.39. The highest BCUT2D eigenvalue weighted by Crippen LogP contribution is 2.41. The van der Waals surface area contributed by atoms with Gasteiger partial charge in [-0.25, -0.2) is 13.6 Å². The normalized spacial score (nSPS) is 17.5. The van der Waals surface area contributed by atoms with Crippen molar-refractivity contribution in [1.82, 2.24) is 10.2 Å². The molecule has 44 heavy (non-hydrogen) atoms. The van der Waals surface area contributed by atoms with E-state index in [1.807, 2.05) is 39.0 Å². The third-order valence-electron chi connectivity index (χ3n) is 8.03. The van der Waals surface area contributed by atoms with Crippen molar-refractivity contribution in [2.45, 2.75) is 63.1 Å². The van der Waals surface area contributed by atoms with E-state index in [0.29, 0.717) is 31.5 Å². The lowest BCUT2D eigenvalue weighted by atomic mass is 9.68. The van der Waals surface area contributed by atoms with Gasteiger partial charge >= 0.3 is 6.09 Å². The third kappa shape index (κ3) is 8.86. The fourth-order valence-electron chi connectivity index (χ4n) is 5.62. The molecule has 11 heteroatoms. The minimum atomic E-state index is -1.15. The van der Waals surface area contributed by atoms with Gasteiger partial charge in [-0.2, -0.15) is 0 Å². The van der Waals surface area contributed by atoms with E-state index in [4.69, 9.17) is 27.9 Å². The van der Waals surface area contributed by atoms with Crippen LogP contribution in [0.5, 0.6) is 0 Å². The Kier molecular flexibility index (Phi) is 12.5. The molecule has 2 N–H and O–H groups in total. The molecule has 5 rings (SSSR count). The summed E-state index contributed by atoms with van der Waals surface area (Å²) in [6, 6.07) is 17.9. The molecule has 0 aliphatic carbocycles. The Bertz CT molecular complexity index is 1420. The number of likely N-dealkylation sites (tertiary alicyclic amines) is 1. The maximum absolute atomic E-state index is 13.9. The van der Waals surface area contributed by atoms with Crippen molar-refractivity contribution >= 4 is 45.2 Å². The summed E-state index contributed by atoms with van der Waals surface area (Å²) < 4.78 is 33.9. The number of halogens is 6. The molecule has 2 aliphatic rings. The molecule has 2 saturated heterocycles. The van der Waals surface area contributed by atoms with E-state index >= 15 is 0 Å². The molecule has 0 atom stereocenters. The second kappa shape index (κ2) is 15.1. The smallest absolute Gasteiger partial charge is 0.410 e. The predicted octanol–water partition coefficient (Wildman–Crippen LogP) is 5.61. The van der Waals surface area contributed by atoms with Crippen LogP contribution >= 0.6 is 39.1 Å². The van der Waals surface area contributed by atoms with Crippen LogP contribution in [-0.2, 0) is 15.8 Å². The monoisotopic (exact) mass is 731 g/mol. The van der Waals surface area contributed by atoms with Gasteiger partial charge in [0.15, 0.2) is 0 Å². The zero-order valence-corrected chi connectivity index (χ0v) is 28.8. The number of hydrogen-bond acceptors (Lipinski definition) is 4. The molecule has 3 aromatic carbocycles. The van der Waals surface area contributed by atoms with E-state index in [-0.39, 0.29) is 33.7 Å². The fraction of sp³-hybridized carbons (Fsp3) is 0.424. The summed E-state index contributed by atoms with van der Waals surface area (Å²) in [5, 5.41) is 14.3. The largest absolute Gasteiger partial charge is 1.00 e. The zero-order chi connectivity index (χ0) is 31.4. The number of carbonyl (C=O) groups excluding carboxylic acids is 1. The van der Waals surface area contributed by atoms with Crippen LogP contribution in [0.3, 0.4) is 0 Å². The number of aliphatic hydroxyl groups is 1. The molecule has 0 aromatic heterocycles. The van der Waals surface area contributed by atoms with Gasteiger partial charge in [-0.1, -0.05) is 63.4 Å². The Balaban J connectivity index is 0.000000235. The molecule has 240 valence electrons. The van der Waals surface area contributed by atoms with Gasteiger partial charge in [0.05, 0.1) is 15.6 Å². The summed E-state index contributed by atoms with van der Waals surface area (Å²) in [7, 11) is 0. The average Bonchev–Trinajstić information content (AvgIpc) is 2.96. The molecule has 0 unspecified atom stereocenters. The van der Waals surface area contributed by atoms with Crippen LogP contribution in [0.2, 0.25) is 10.0 Å². The van der Waals surface area contributed by atoms with Gasteiger partial charge in [-0.3, -0.25) is 0 Å². The van der Waals surface area contributed by atoms with Gasteiger partial charge in [0.1, 0.15) is 17.2 Å². The number of nitrogens with zero attached hydrogens (tertiary/aromatic N) is 1. The predicted molar refractivity (Wildman–Crippen MR) is 171 cm³/mol. The molecule has 3 aromatic rings. The minimum absolute atomic E-state index is 0. The molecular weight excluding hydrogens is 697 g/mol. The molecule has 0 saturated carbocycles. The highest BCUT2D eigenvalue weighted by Gasteiger charge is 2.38. The van der Waals surface area contributed by atoms with E-state index in [1.54, 1.807) is 23.1 Å². The Labute approximate surface area is 282 Å². The van der Waals surface area contributed by atoms with Crippen molar-refractivity contribution in [2.24, 2.45) is 0 Å². The first kappa shape index (κ1) is 36.5. The van der Waals surface area contributed by atoms with Crippen LogP contribution in [0.4, 0.5) is 13.6 Å². The van der Waals surface area contributed by atoms with Crippen molar-refractivity contribution in [1.29, 1.82) is 0 Å². The highest BCUT2D eigenvalue weighted by molar-refractivity contribution is 9.10. The highest BCUT2D eigenvalue weighted by atomic mass is 79.9. The molecule has 2 aliphatic heterocycles. The Morgan fingerprint density at radius 1 is 0.864 bits per heavy atom. The van der Waals surface area contributed by atoms with Gasteiger partial charge < -0.3 is 32.5 Å². The topological polar surface area (TPSA) is 61.8 Å². The van der Waals surface area contributed by atoms with Crippen molar-refractivity contribution in [3.63, 3.8) is 0 Å². The number of nitrogens with one attached hydrogen (secondary N) is 1. The number of amides is 1. The maximum Gasteiger partial charge on any atom is 0.410 e. The molecule has 0 radical (unpaired) electrons. The number of rotatable bonds is 3.